The molecule has 0 bridgehead atoms. The fourth-order valence-electron chi connectivity index (χ4n) is 4.11. The van der Waals surface area contributed by atoms with Crippen LogP contribution in [-0.4, -0.2) is 36.1 Å². The molecule has 2 aliphatic rings. The van der Waals surface area contributed by atoms with Crippen molar-refractivity contribution in [3.05, 3.63) is 0 Å². The average Bonchev–Trinajstić information content (AvgIpc) is 2.90. The molecule has 1 aliphatic carbocycles. The second-order valence-electron chi connectivity index (χ2n) is 7.95. The molecule has 0 radical (unpaired) electrons. The maximum absolute atomic E-state index is 9.68. The number of rotatable bonds is 5. The van der Waals surface area contributed by atoms with E-state index in [1.54, 1.807) is 0 Å². The molecular weight excluding hydrogens is 246 g/mol. The van der Waals surface area contributed by atoms with E-state index in [4.69, 9.17) is 0 Å². The van der Waals surface area contributed by atoms with Crippen LogP contribution >= 0.6 is 0 Å². The summed E-state index contributed by atoms with van der Waals surface area (Å²) in [5.41, 5.74) is 0.224. The van der Waals surface area contributed by atoms with Crippen LogP contribution in [-0.2, 0) is 0 Å². The summed E-state index contributed by atoms with van der Waals surface area (Å²) in [7, 11) is 0. The fraction of sp³-hybridized carbons (Fsp3) is 0.941. The Balaban J connectivity index is 1.90. The molecule has 0 amide bonds. The SMILES string of the molecule is CC(C)NC1(C#N)CCCC1CCN1CCC(C)(C)C1. The largest absolute Gasteiger partial charge is 0.303 e. The van der Waals surface area contributed by atoms with E-state index in [-0.39, 0.29) is 5.54 Å². The molecule has 114 valence electrons. The highest BCUT2D eigenvalue weighted by Crippen LogP contribution is 2.39. The number of hydrogen-bond acceptors (Lipinski definition) is 3. The van der Waals surface area contributed by atoms with Gasteiger partial charge in [0.15, 0.2) is 0 Å². The monoisotopic (exact) mass is 277 g/mol. The van der Waals surface area contributed by atoms with Gasteiger partial charge < -0.3 is 4.90 Å². The van der Waals surface area contributed by atoms with Crippen LogP contribution in [0.4, 0.5) is 0 Å². The van der Waals surface area contributed by atoms with Crippen LogP contribution in [0.15, 0.2) is 0 Å². The molecular formula is C17H31N3. The van der Waals surface area contributed by atoms with Gasteiger partial charge in [-0.1, -0.05) is 20.3 Å². The molecule has 0 aromatic rings. The molecule has 1 aliphatic heterocycles. The minimum atomic E-state index is -0.261. The van der Waals surface area contributed by atoms with Gasteiger partial charge in [-0.05, 0) is 64.0 Å². The second-order valence-corrected chi connectivity index (χ2v) is 7.95. The van der Waals surface area contributed by atoms with E-state index in [9.17, 15) is 5.26 Å². The van der Waals surface area contributed by atoms with Crippen molar-refractivity contribution in [3.63, 3.8) is 0 Å². The zero-order chi connectivity index (χ0) is 14.8. The Kier molecular flexibility index (Phi) is 4.76. The predicted octanol–water partition coefficient (Wildman–Crippen LogP) is 3.17. The van der Waals surface area contributed by atoms with Crippen molar-refractivity contribution < 1.29 is 0 Å². The predicted molar refractivity (Wildman–Crippen MR) is 83.4 cm³/mol. The molecule has 1 saturated carbocycles. The number of nitrogens with one attached hydrogen (secondary N) is 1. The highest BCUT2D eigenvalue weighted by Gasteiger charge is 2.43. The topological polar surface area (TPSA) is 39.1 Å². The first-order chi connectivity index (χ1) is 9.37. The molecule has 3 nitrogen and oxygen atoms in total. The van der Waals surface area contributed by atoms with Crippen LogP contribution in [0.2, 0.25) is 0 Å². The highest BCUT2D eigenvalue weighted by molar-refractivity contribution is 5.14. The van der Waals surface area contributed by atoms with Crippen molar-refractivity contribution in [1.82, 2.24) is 10.2 Å². The van der Waals surface area contributed by atoms with E-state index >= 15 is 0 Å². The summed E-state index contributed by atoms with van der Waals surface area (Å²) in [5, 5.41) is 13.3. The normalized spacial score (nSPS) is 33.7. The Morgan fingerprint density at radius 3 is 2.65 bits per heavy atom. The lowest BCUT2D eigenvalue weighted by Gasteiger charge is -2.33. The van der Waals surface area contributed by atoms with Gasteiger partial charge in [-0.15, -0.1) is 0 Å². The summed E-state index contributed by atoms with van der Waals surface area (Å²) >= 11 is 0. The number of nitrogens with zero attached hydrogens (tertiary/aromatic N) is 2. The first-order valence-corrected chi connectivity index (χ1v) is 8.28. The van der Waals surface area contributed by atoms with Gasteiger partial charge in [0.2, 0.25) is 0 Å². The van der Waals surface area contributed by atoms with Crippen LogP contribution in [0.25, 0.3) is 0 Å². The van der Waals surface area contributed by atoms with Crippen molar-refractivity contribution in [1.29, 1.82) is 5.26 Å². The van der Waals surface area contributed by atoms with E-state index in [1.165, 1.54) is 38.8 Å². The molecule has 2 fully saturated rings. The van der Waals surface area contributed by atoms with Crippen LogP contribution in [0.1, 0.15) is 59.8 Å². The quantitative estimate of drug-likeness (QED) is 0.839. The Morgan fingerprint density at radius 1 is 1.35 bits per heavy atom. The zero-order valence-corrected chi connectivity index (χ0v) is 13.7. The zero-order valence-electron chi connectivity index (χ0n) is 13.7. The summed E-state index contributed by atoms with van der Waals surface area (Å²) in [6.45, 7) is 12.6. The Hall–Kier alpha value is -0.590. The van der Waals surface area contributed by atoms with Gasteiger partial charge in [-0.25, -0.2) is 0 Å². The first kappa shape index (κ1) is 15.8. The summed E-state index contributed by atoms with van der Waals surface area (Å²) in [6.07, 6.45) is 5.92. The number of hydrogen-bond donors (Lipinski definition) is 1. The van der Waals surface area contributed by atoms with Crippen molar-refractivity contribution >= 4 is 0 Å². The van der Waals surface area contributed by atoms with Gasteiger partial charge in [0.1, 0.15) is 5.54 Å². The average molecular weight is 277 g/mol. The third-order valence-corrected chi connectivity index (χ3v) is 5.12. The third-order valence-electron chi connectivity index (χ3n) is 5.12. The minimum absolute atomic E-state index is 0.261. The van der Waals surface area contributed by atoms with E-state index in [0.717, 1.165) is 13.0 Å². The van der Waals surface area contributed by atoms with E-state index in [0.29, 0.717) is 17.4 Å². The maximum atomic E-state index is 9.68. The molecule has 20 heavy (non-hydrogen) atoms. The first-order valence-electron chi connectivity index (χ1n) is 8.28. The van der Waals surface area contributed by atoms with Gasteiger partial charge in [0, 0.05) is 12.6 Å². The Bertz CT molecular complexity index is 369. The number of likely N-dealkylation sites (tertiary alicyclic amines) is 1. The lowest BCUT2D eigenvalue weighted by molar-refractivity contribution is 0.228. The summed E-state index contributed by atoms with van der Waals surface area (Å²) < 4.78 is 0. The molecule has 0 spiro atoms. The molecule has 2 rings (SSSR count). The lowest BCUT2D eigenvalue weighted by Crippen LogP contribution is -2.50. The van der Waals surface area contributed by atoms with E-state index in [2.05, 4.69) is 44.0 Å². The summed E-state index contributed by atoms with van der Waals surface area (Å²) in [6, 6.07) is 3.01. The molecule has 0 aromatic carbocycles. The molecule has 0 aromatic heterocycles. The van der Waals surface area contributed by atoms with Gasteiger partial charge >= 0.3 is 0 Å². The third kappa shape index (κ3) is 3.54. The molecule has 2 unspecified atom stereocenters. The molecule has 1 saturated heterocycles. The van der Waals surface area contributed by atoms with Crippen molar-refractivity contribution in [3.8, 4) is 6.07 Å². The second kappa shape index (κ2) is 6.03. The molecule has 1 N–H and O–H groups in total. The van der Waals surface area contributed by atoms with Crippen molar-refractivity contribution in [2.75, 3.05) is 19.6 Å². The maximum Gasteiger partial charge on any atom is 0.109 e. The Morgan fingerprint density at radius 2 is 2.10 bits per heavy atom. The van der Waals surface area contributed by atoms with Gasteiger partial charge in [-0.3, -0.25) is 5.32 Å². The molecule has 1 heterocycles. The standard InChI is InChI=1S/C17H31N3/c1-14(2)19-17(12-18)8-5-6-15(17)7-10-20-11-9-16(3,4)13-20/h14-15,19H,5-11,13H2,1-4H3. The van der Waals surface area contributed by atoms with Gasteiger partial charge in [0.25, 0.3) is 0 Å². The minimum Gasteiger partial charge on any atom is -0.303 e. The number of nitriles is 1. The smallest absolute Gasteiger partial charge is 0.109 e. The van der Waals surface area contributed by atoms with E-state index in [1.807, 2.05) is 0 Å². The van der Waals surface area contributed by atoms with Gasteiger partial charge in [-0.2, -0.15) is 5.26 Å². The fourth-order valence-corrected chi connectivity index (χ4v) is 4.11. The van der Waals surface area contributed by atoms with Gasteiger partial charge in [0.05, 0.1) is 6.07 Å². The summed E-state index contributed by atoms with van der Waals surface area (Å²) in [5.74, 6) is 0.526. The Labute approximate surface area is 124 Å². The molecule has 2 atom stereocenters. The van der Waals surface area contributed by atoms with Crippen LogP contribution in [0.3, 0.4) is 0 Å². The van der Waals surface area contributed by atoms with Crippen molar-refractivity contribution in [2.24, 2.45) is 11.3 Å². The van der Waals surface area contributed by atoms with E-state index < -0.39 is 0 Å². The van der Waals surface area contributed by atoms with Crippen LogP contribution in [0, 0.1) is 22.7 Å². The highest BCUT2D eigenvalue weighted by atomic mass is 15.2. The summed E-state index contributed by atoms with van der Waals surface area (Å²) in [4.78, 5) is 2.59. The lowest BCUT2D eigenvalue weighted by atomic mass is 9.85. The van der Waals surface area contributed by atoms with Crippen molar-refractivity contribution in [2.45, 2.75) is 71.4 Å². The van der Waals surface area contributed by atoms with Crippen LogP contribution < -0.4 is 5.32 Å². The molecule has 3 heteroatoms. The van der Waals surface area contributed by atoms with Crippen LogP contribution in [0.5, 0.6) is 0 Å².